The fraction of sp³-hybridized carbons (Fsp3) is 0.524. The second-order valence-corrected chi connectivity index (χ2v) is 8.84. The topological polar surface area (TPSA) is 114 Å². The van der Waals surface area contributed by atoms with E-state index in [1.807, 2.05) is 19.9 Å². The number of primary amides is 1. The summed E-state index contributed by atoms with van der Waals surface area (Å²) in [6, 6.07) is 4.53. The van der Waals surface area contributed by atoms with Crippen molar-refractivity contribution in [3.05, 3.63) is 28.8 Å². The predicted octanol–water partition coefficient (Wildman–Crippen LogP) is 2.48. The standard InChI is InChI=1S/C21H30N4O3S/c1-6-12(4)19(20(22)27)25-21(28)16(23-13(5)26)10-18-24-15-8-7-14(11(2)3)9-17(15)29-18/h7-9,11-12,16,19H,6,10H2,1-5H3,(H2,22,27)(H,23,26)(H,25,28). The molecule has 3 amide bonds. The van der Waals surface area contributed by atoms with Crippen LogP contribution in [0.4, 0.5) is 0 Å². The third kappa shape index (κ3) is 6.00. The van der Waals surface area contributed by atoms with Crippen molar-refractivity contribution < 1.29 is 14.4 Å². The lowest BCUT2D eigenvalue weighted by Crippen LogP contribution is -2.55. The summed E-state index contributed by atoms with van der Waals surface area (Å²) in [7, 11) is 0. The van der Waals surface area contributed by atoms with Crippen LogP contribution in [0.15, 0.2) is 18.2 Å². The molecular weight excluding hydrogens is 388 g/mol. The van der Waals surface area contributed by atoms with Crippen molar-refractivity contribution in [1.82, 2.24) is 15.6 Å². The minimum atomic E-state index is -0.830. The van der Waals surface area contributed by atoms with Gasteiger partial charge in [0.05, 0.1) is 15.2 Å². The van der Waals surface area contributed by atoms with Crippen molar-refractivity contribution in [3.8, 4) is 0 Å². The Bertz CT molecular complexity index is 893. The number of amides is 3. The molecule has 0 fully saturated rings. The zero-order chi connectivity index (χ0) is 21.7. The number of rotatable bonds is 9. The quantitative estimate of drug-likeness (QED) is 0.580. The van der Waals surface area contributed by atoms with Crippen LogP contribution >= 0.6 is 11.3 Å². The molecule has 0 bridgehead atoms. The van der Waals surface area contributed by atoms with Crippen LogP contribution in [0.5, 0.6) is 0 Å². The van der Waals surface area contributed by atoms with Crippen molar-refractivity contribution in [2.24, 2.45) is 11.7 Å². The van der Waals surface area contributed by atoms with Gasteiger partial charge >= 0.3 is 0 Å². The molecule has 1 heterocycles. The Labute approximate surface area is 175 Å². The number of carbonyl (C=O) groups is 3. The summed E-state index contributed by atoms with van der Waals surface area (Å²) in [6.45, 7) is 9.39. The van der Waals surface area contributed by atoms with Gasteiger partial charge in [0, 0.05) is 13.3 Å². The van der Waals surface area contributed by atoms with Gasteiger partial charge in [-0.25, -0.2) is 4.98 Å². The number of nitrogens with zero attached hydrogens (tertiary/aromatic N) is 1. The van der Waals surface area contributed by atoms with Crippen LogP contribution in [0.3, 0.4) is 0 Å². The summed E-state index contributed by atoms with van der Waals surface area (Å²) < 4.78 is 1.04. The third-order valence-corrected chi connectivity index (χ3v) is 6.05. The van der Waals surface area contributed by atoms with Crippen molar-refractivity contribution >= 4 is 39.3 Å². The number of hydrogen-bond donors (Lipinski definition) is 3. The van der Waals surface area contributed by atoms with E-state index in [4.69, 9.17) is 5.73 Å². The molecule has 0 aliphatic carbocycles. The first-order chi connectivity index (χ1) is 13.6. The van der Waals surface area contributed by atoms with E-state index in [1.54, 1.807) is 0 Å². The van der Waals surface area contributed by atoms with Gasteiger partial charge in [-0.3, -0.25) is 14.4 Å². The fourth-order valence-electron chi connectivity index (χ4n) is 3.05. The summed E-state index contributed by atoms with van der Waals surface area (Å²) >= 11 is 1.50. The van der Waals surface area contributed by atoms with Crippen LogP contribution in [0.1, 0.15) is 57.5 Å². The van der Waals surface area contributed by atoms with Crippen LogP contribution in [-0.4, -0.2) is 34.8 Å². The molecule has 0 radical (unpaired) electrons. The summed E-state index contributed by atoms with van der Waals surface area (Å²) in [5.41, 5.74) is 7.54. The van der Waals surface area contributed by atoms with E-state index in [-0.39, 0.29) is 18.2 Å². The zero-order valence-electron chi connectivity index (χ0n) is 17.6. The molecule has 7 nitrogen and oxygen atoms in total. The number of aromatic nitrogens is 1. The minimum Gasteiger partial charge on any atom is -0.368 e. The Balaban J connectivity index is 2.23. The number of carbonyl (C=O) groups excluding carboxylic acids is 3. The number of nitrogens with two attached hydrogens (primary N) is 1. The van der Waals surface area contributed by atoms with E-state index in [0.29, 0.717) is 12.3 Å². The maximum Gasteiger partial charge on any atom is 0.243 e. The normalized spacial score (nSPS) is 14.4. The highest BCUT2D eigenvalue weighted by atomic mass is 32.1. The Kier molecular flexibility index (Phi) is 7.73. The van der Waals surface area contributed by atoms with Gasteiger partial charge in [0.1, 0.15) is 12.1 Å². The van der Waals surface area contributed by atoms with E-state index in [0.717, 1.165) is 15.2 Å². The number of benzene rings is 1. The molecule has 8 heteroatoms. The molecule has 1 aromatic carbocycles. The van der Waals surface area contributed by atoms with Gasteiger partial charge in [0.25, 0.3) is 0 Å². The average molecular weight is 419 g/mol. The van der Waals surface area contributed by atoms with Crippen LogP contribution < -0.4 is 16.4 Å². The minimum absolute atomic E-state index is 0.105. The Morgan fingerprint density at radius 3 is 2.41 bits per heavy atom. The van der Waals surface area contributed by atoms with Crippen LogP contribution in [-0.2, 0) is 20.8 Å². The largest absolute Gasteiger partial charge is 0.368 e. The number of nitrogens with one attached hydrogen (secondary N) is 2. The lowest BCUT2D eigenvalue weighted by atomic mass is 9.98. The highest BCUT2D eigenvalue weighted by Gasteiger charge is 2.28. The van der Waals surface area contributed by atoms with E-state index >= 15 is 0 Å². The third-order valence-electron chi connectivity index (χ3n) is 5.01. The van der Waals surface area contributed by atoms with E-state index in [1.165, 1.54) is 23.8 Å². The molecule has 0 aliphatic rings. The van der Waals surface area contributed by atoms with Crippen molar-refractivity contribution in [1.29, 1.82) is 0 Å². The van der Waals surface area contributed by atoms with Gasteiger partial charge < -0.3 is 16.4 Å². The first-order valence-corrected chi connectivity index (χ1v) is 10.7. The molecule has 0 saturated heterocycles. The number of thiazole rings is 1. The Hall–Kier alpha value is -2.48. The molecular formula is C21H30N4O3S. The smallest absolute Gasteiger partial charge is 0.243 e. The summed E-state index contributed by atoms with van der Waals surface area (Å²) in [5.74, 6) is -1.05. The Morgan fingerprint density at radius 2 is 1.86 bits per heavy atom. The van der Waals surface area contributed by atoms with E-state index in [2.05, 4.69) is 41.6 Å². The molecule has 1 aromatic heterocycles. The SMILES string of the molecule is CCC(C)C(NC(=O)C(Cc1nc2ccc(C(C)C)cc2s1)NC(C)=O)C(N)=O. The second kappa shape index (κ2) is 9.82. The van der Waals surface area contributed by atoms with Crippen LogP contribution in [0.25, 0.3) is 10.2 Å². The lowest BCUT2D eigenvalue weighted by Gasteiger charge is -2.24. The maximum absolute atomic E-state index is 12.8. The molecule has 0 aliphatic heterocycles. The Morgan fingerprint density at radius 1 is 1.17 bits per heavy atom. The van der Waals surface area contributed by atoms with Gasteiger partial charge in [-0.15, -0.1) is 11.3 Å². The predicted molar refractivity (Wildman–Crippen MR) is 116 cm³/mol. The van der Waals surface area contributed by atoms with E-state index < -0.39 is 23.9 Å². The number of fused-ring (bicyclic) bond motifs is 1. The molecule has 2 aromatic rings. The highest BCUT2D eigenvalue weighted by Crippen LogP contribution is 2.27. The molecule has 3 unspecified atom stereocenters. The van der Waals surface area contributed by atoms with Crippen molar-refractivity contribution in [3.63, 3.8) is 0 Å². The lowest BCUT2D eigenvalue weighted by molar-refractivity contribution is -0.131. The van der Waals surface area contributed by atoms with Crippen LogP contribution in [0.2, 0.25) is 0 Å². The molecule has 29 heavy (non-hydrogen) atoms. The highest BCUT2D eigenvalue weighted by molar-refractivity contribution is 7.18. The van der Waals surface area contributed by atoms with Gasteiger partial charge in [0.2, 0.25) is 17.7 Å². The molecule has 3 atom stereocenters. The fourth-order valence-corrected chi connectivity index (χ4v) is 4.11. The van der Waals surface area contributed by atoms with Crippen molar-refractivity contribution in [2.45, 2.75) is 65.5 Å². The summed E-state index contributed by atoms with van der Waals surface area (Å²) in [5, 5.41) is 6.11. The zero-order valence-corrected chi connectivity index (χ0v) is 18.4. The number of hydrogen-bond acceptors (Lipinski definition) is 5. The molecule has 2 rings (SSSR count). The van der Waals surface area contributed by atoms with Gasteiger partial charge in [-0.05, 0) is 29.5 Å². The molecule has 158 valence electrons. The maximum atomic E-state index is 12.8. The van der Waals surface area contributed by atoms with Crippen LogP contribution in [0, 0.1) is 5.92 Å². The van der Waals surface area contributed by atoms with E-state index in [9.17, 15) is 14.4 Å². The monoisotopic (exact) mass is 418 g/mol. The van der Waals surface area contributed by atoms with Gasteiger partial charge in [-0.2, -0.15) is 0 Å². The first kappa shape index (κ1) is 22.8. The molecule has 0 spiro atoms. The first-order valence-electron chi connectivity index (χ1n) is 9.88. The summed E-state index contributed by atoms with van der Waals surface area (Å²) in [4.78, 5) is 40.8. The molecule has 0 saturated carbocycles. The molecule has 4 N–H and O–H groups in total. The van der Waals surface area contributed by atoms with Gasteiger partial charge in [0.15, 0.2) is 0 Å². The second-order valence-electron chi connectivity index (χ2n) is 7.72. The van der Waals surface area contributed by atoms with Gasteiger partial charge in [-0.1, -0.05) is 40.2 Å². The van der Waals surface area contributed by atoms with Crippen molar-refractivity contribution in [2.75, 3.05) is 0 Å². The summed E-state index contributed by atoms with van der Waals surface area (Å²) in [6.07, 6.45) is 0.933. The average Bonchev–Trinajstić information content (AvgIpc) is 3.05.